The van der Waals surface area contributed by atoms with Gasteiger partial charge in [-0.25, -0.2) is 0 Å². The number of benzene rings is 1. The maximum Gasteiger partial charge on any atom is 0.389 e. The van der Waals surface area contributed by atoms with Crippen molar-refractivity contribution in [1.29, 1.82) is 0 Å². The van der Waals surface area contributed by atoms with Gasteiger partial charge < -0.3 is 0 Å². The minimum atomic E-state index is -4.15. The molecule has 1 aromatic carbocycles. The van der Waals surface area contributed by atoms with Gasteiger partial charge in [0.05, 0.1) is 0 Å². The second kappa shape index (κ2) is 5.84. The number of nitrogens with two attached hydrogens (primary N) is 1. The van der Waals surface area contributed by atoms with E-state index in [9.17, 15) is 13.2 Å². The maximum atomic E-state index is 12.2. The Hall–Kier alpha value is -0.590. The van der Waals surface area contributed by atoms with Crippen molar-refractivity contribution < 1.29 is 13.2 Å². The molecule has 2 nitrogen and oxygen atoms in total. The zero-order valence-corrected chi connectivity index (χ0v) is 10.9. The Bertz CT molecular complexity index is 379. The van der Waals surface area contributed by atoms with Gasteiger partial charge >= 0.3 is 6.18 Å². The van der Waals surface area contributed by atoms with Crippen molar-refractivity contribution in [2.75, 3.05) is 0 Å². The van der Waals surface area contributed by atoms with Crippen molar-refractivity contribution in [2.45, 2.75) is 32.0 Å². The van der Waals surface area contributed by atoms with Gasteiger partial charge in [-0.05, 0) is 36.6 Å². The first-order valence-electron chi connectivity index (χ1n) is 5.12. The highest BCUT2D eigenvalue weighted by molar-refractivity contribution is 9.10. The van der Waals surface area contributed by atoms with Gasteiger partial charge in [-0.3, -0.25) is 11.3 Å². The van der Waals surface area contributed by atoms with Crippen molar-refractivity contribution >= 4 is 15.9 Å². The van der Waals surface area contributed by atoms with Crippen molar-refractivity contribution in [1.82, 2.24) is 5.43 Å². The maximum absolute atomic E-state index is 12.2. The SMILES string of the molecule is Cc1cc(Br)ccc1C(CCC(F)(F)F)NN. The summed E-state index contributed by atoms with van der Waals surface area (Å²) in [7, 11) is 0. The summed E-state index contributed by atoms with van der Waals surface area (Å²) < 4.78 is 37.4. The highest BCUT2D eigenvalue weighted by Gasteiger charge is 2.28. The van der Waals surface area contributed by atoms with Crippen LogP contribution in [0.15, 0.2) is 22.7 Å². The molecule has 0 heterocycles. The van der Waals surface area contributed by atoms with Crippen LogP contribution in [0.1, 0.15) is 30.0 Å². The van der Waals surface area contributed by atoms with E-state index in [1.54, 1.807) is 12.1 Å². The fourth-order valence-electron chi connectivity index (χ4n) is 1.67. The molecular weight excluding hydrogens is 297 g/mol. The molecule has 0 saturated heterocycles. The average molecular weight is 311 g/mol. The fourth-order valence-corrected chi connectivity index (χ4v) is 2.14. The van der Waals surface area contributed by atoms with E-state index in [1.165, 1.54) is 0 Å². The van der Waals surface area contributed by atoms with Crippen molar-refractivity contribution in [3.8, 4) is 0 Å². The van der Waals surface area contributed by atoms with E-state index in [4.69, 9.17) is 5.84 Å². The van der Waals surface area contributed by atoms with Crippen LogP contribution in [0.3, 0.4) is 0 Å². The van der Waals surface area contributed by atoms with Crippen molar-refractivity contribution in [2.24, 2.45) is 5.84 Å². The van der Waals surface area contributed by atoms with Gasteiger partial charge in [0, 0.05) is 16.9 Å². The third-order valence-corrected chi connectivity index (χ3v) is 3.02. The average Bonchev–Trinajstić information content (AvgIpc) is 2.19. The van der Waals surface area contributed by atoms with Crippen LogP contribution >= 0.6 is 15.9 Å². The summed E-state index contributed by atoms with van der Waals surface area (Å²) in [6.45, 7) is 1.85. The molecule has 0 fully saturated rings. The molecule has 0 aliphatic rings. The lowest BCUT2D eigenvalue weighted by Crippen LogP contribution is -2.29. The fraction of sp³-hybridized carbons (Fsp3) is 0.455. The normalized spacial score (nSPS) is 13.8. The van der Waals surface area contributed by atoms with Gasteiger partial charge in [0.2, 0.25) is 0 Å². The Labute approximate surface area is 106 Å². The molecular formula is C11H14BrF3N2. The standard InChI is InChI=1S/C11H14BrF3N2/c1-7-6-8(12)2-3-9(7)10(17-16)4-5-11(13,14)15/h2-3,6,10,17H,4-5,16H2,1H3. The van der Waals surface area contributed by atoms with E-state index in [2.05, 4.69) is 21.4 Å². The van der Waals surface area contributed by atoms with Crippen LogP contribution in [0.2, 0.25) is 0 Å². The van der Waals surface area contributed by atoms with E-state index in [-0.39, 0.29) is 6.42 Å². The lowest BCUT2D eigenvalue weighted by Gasteiger charge is -2.19. The smallest absolute Gasteiger partial charge is 0.271 e. The Morgan fingerprint density at radius 2 is 2.06 bits per heavy atom. The summed E-state index contributed by atoms with van der Waals surface area (Å²) in [4.78, 5) is 0. The Morgan fingerprint density at radius 1 is 1.41 bits per heavy atom. The number of hydrazine groups is 1. The van der Waals surface area contributed by atoms with Gasteiger partial charge in [0.1, 0.15) is 0 Å². The van der Waals surface area contributed by atoms with E-state index >= 15 is 0 Å². The summed E-state index contributed by atoms with van der Waals surface area (Å²) in [6.07, 6.45) is -5.07. The quantitative estimate of drug-likeness (QED) is 0.658. The molecule has 0 saturated carbocycles. The lowest BCUT2D eigenvalue weighted by atomic mass is 9.98. The van der Waals surface area contributed by atoms with Gasteiger partial charge in [-0.2, -0.15) is 13.2 Å². The van der Waals surface area contributed by atoms with Crippen LogP contribution < -0.4 is 11.3 Å². The Kier molecular flexibility index (Phi) is 4.97. The van der Waals surface area contributed by atoms with Crippen LogP contribution in [-0.4, -0.2) is 6.18 Å². The van der Waals surface area contributed by atoms with Crippen LogP contribution in [0.25, 0.3) is 0 Å². The first-order chi connectivity index (χ1) is 7.83. The van der Waals surface area contributed by atoms with Gasteiger partial charge in [-0.15, -0.1) is 0 Å². The minimum absolute atomic E-state index is 0.0670. The molecule has 6 heteroatoms. The summed E-state index contributed by atoms with van der Waals surface area (Å²) >= 11 is 3.31. The highest BCUT2D eigenvalue weighted by Crippen LogP contribution is 2.29. The summed E-state index contributed by atoms with van der Waals surface area (Å²) in [5.74, 6) is 5.31. The number of hydrogen-bond donors (Lipinski definition) is 2. The van der Waals surface area contributed by atoms with Crippen molar-refractivity contribution in [3.05, 3.63) is 33.8 Å². The summed E-state index contributed by atoms with van der Waals surface area (Å²) in [6, 6.07) is 4.94. The third kappa shape index (κ3) is 4.65. The summed E-state index contributed by atoms with van der Waals surface area (Å²) in [5.41, 5.74) is 4.13. The van der Waals surface area contributed by atoms with Crippen LogP contribution in [0, 0.1) is 6.92 Å². The van der Waals surface area contributed by atoms with Gasteiger partial charge in [-0.1, -0.05) is 22.0 Å². The second-order valence-corrected chi connectivity index (χ2v) is 4.79. The first-order valence-corrected chi connectivity index (χ1v) is 5.91. The van der Waals surface area contributed by atoms with Crippen LogP contribution in [-0.2, 0) is 0 Å². The number of nitrogens with one attached hydrogen (secondary N) is 1. The van der Waals surface area contributed by atoms with E-state index in [0.29, 0.717) is 0 Å². The molecule has 0 aliphatic heterocycles. The molecule has 3 N–H and O–H groups in total. The molecule has 0 radical (unpaired) electrons. The number of halogens is 4. The topological polar surface area (TPSA) is 38.0 Å². The highest BCUT2D eigenvalue weighted by atomic mass is 79.9. The van der Waals surface area contributed by atoms with Gasteiger partial charge in [0.15, 0.2) is 0 Å². The summed E-state index contributed by atoms with van der Waals surface area (Å²) in [5, 5.41) is 0. The van der Waals surface area contributed by atoms with Crippen LogP contribution in [0.4, 0.5) is 13.2 Å². The van der Waals surface area contributed by atoms with Crippen molar-refractivity contribution in [3.63, 3.8) is 0 Å². The number of hydrogen-bond acceptors (Lipinski definition) is 2. The molecule has 17 heavy (non-hydrogen) atoms. The van der Waals surface area contributed by atoms with E-state index in [0.717, 1.165) is 15.6 Å². The molecule has 0 aromatic heterocycles. The molecule has 0 aliphatic carbocycles. The number of aryl methyl sites for hydroxylation is 1. The number of rotatable bonds is 4. The van der Waals surface area contributed by atoms with Gasteiger partial charge in [0.25, 0.3) is 0 Å². The van der Waals surface area contributed by atoms with E-state index in [1.807, 2.05) is 13.0 Å². The van der Waals surface area contributed by atoms with Crippen LogP contribution in [0.5, 0.6) is 0 Å². The Balaban J connectivity index is 2.79. The molecule has 96 valence electrons. The Morgan fingerprint density at radius 3 is 2.53 bits per heavy atom. The minimum Gasteiger partial charge on any atom is -0.271 e. The zero-order valence-electron chi connectivity index (χ0n) is 9.31. The molecule has 0 amide bonds. The largest absolute Gasteiger partial charge is 0.389 e. The molecule has 1 atom stereocenters. The monoisotopic (exact) mass is 310 g/mol. The molecule has 1 rings (SSSR count). The second-order valence-electron chi connectivity index (χ2n) is 3.87. The molecule has 0 spiro atoms. The zero-order chi connectivity index (χ0) is 13.1. The first kappa shape index (κ1) is 14.5. The lowest BCUT2D eigenvalue weighted by molar-refractivity contribution is -0.136. The predicted octanol–water partition coefficient (Wildman–Crippen LogP) is 3.60. The third-order valence-electron chi connectivity index (χ3n) is 2.52. The predicted molar refractivity (Wildman–Crippen MR) is 64.2 cm³/mol. The van der Waals surface area contributed by atoms with E-state index < -0.39 is 18.6 Å². The number of alkyl halides is 3. The molecule has 1 unspecified atom stereocenters. The molecule has 0 bridgehead atoms. The molecule has 1 aromatic rings.